The van der Waals surface area contributed by atoms with Crippen molar-refractivity contribution in [1.82, 2.24) is 5.32 Å². The number of hydrogen-bond donors (Lipinski definition) is 3. The molecular formula is C3H9NO2. The predicted molar refractivity (Wildman–Crippen MR) is 22.2 cm³/mol. The van der Waals surface area contributed by atoms with Crippen molar-refractivity contribution in [2.75, 3.05) is 13.6 Å². The molecule has 0 aromatic heterocycles. The molecule has 0 radical (unpaired) electrons. The van der Waals surface area contributed by atoms with E-state index >= 15 is 0 Å². The Hall–Kier alpha value is -0.120. The SMILES string of the molecule is CNCC(O)O. The largest absolute Gasteiger partial charge is 0.367 e. The zero-order valence-corrected chi connectivity index (χ0v) is 3.68. The molecule has 3 heteroatoms. The molecule has 0 aliphatic carbocycles. The van der Waals surface area contributed by atoms with Crippen LogP contribution in [0, 0.1) is 0 Å². The minimum absolute atomic E-state index is 0.236. The molecule has 0 spiro atoms. The van der Waals surface area contributed by atoms with Crippen molar-refractivity contribution in [3.8, 4) is 0 Å². The van der Waals surface area contributed by atoms with E-state index in [1.54, 1.807) is 7.05 Å². The van der Waals surface area contributed by atoms with Crippen LogP contribution >= 0.6 is 0 Å². The zero-order chi connectivity index (χ0) is 4.99. The Morgan fingerprint density at radius 1 is 1.67 bits per heavy atom. The second-order valence-electron chi connectivity index (χ2n) is 1.04. The van der Waals surface area contributed by atoms with E-state index in [0.717, 1.165) is 0 Å². The van der Waals surface area contributed by atoms with E-state index in [9.17, 15) is 0 Å². The fraction of sp³-hybridized carbons (Fsp3) is 1.00. The monoisotopic (exact) mass is 91.1 g/mol. The van der Waals surface area contributed by atoms with Crippen molar-refractivity contribution in [3.63, 3.8) is 0 Å². The second-order valence-corrected chi connectivity index (χ2v) is 1.04. The third-order valence-corrected chi connectivity index (χ3v) is 0.387. The average Bonchev–Trinajstić information content (AvgIpc) is 1.35. The van der Waals surface area contributed by atoms with Crippen LogP contribution in [0.4, 0.5) is 0 Å². The van der Waals surface area contributed by atoms with Gasteiger partial charge in [-0.25, -0.2) is 0 Å². The molecule has 3 nitrogen and oxygen atoms in total. The number of rotatable bonds is 2. The quantitative estimate of drug-likeness (QED) is 0.363. The topological polar surface area (TPSA) is 52.5 Å². The summed E-state index contributed by atoms with van der Waals surface area (Å²) in [5.74, 6) is 0. The summed E-state index contributed by atoms with van der Waals surface area (Å²) < 4.78 is 0. The number of likely N-dealkylation sites (N-methyl/N-ethyl adjacent to an activating group) is 1. The Kier molecular flexibility index (Phi) is 3.02. The highest BCUT2D eigenvalue weighted by atomic mass is 16.5. The van der Waals surface area contributed by atoms with Crippen LogP contribution in [0.3, 0.4) is 0 Å². The maximum atomic E-state index is 8.05. The van der Waals surface area contributed by atoms with E-state index < -0.39 is 6.29 Å². The summed E-state index contributed by atoms with van der Waals surface area (Å²) in [5.41, 5.74) is 0. The Morgan fingerprint density at radius 3 is 2.17 bits per heavy atom. The minimum Gasteiger partial charge on any atom is -0.367 e. The summed E-state index contributed by atoms with van der Waals surface area (Å²) in [6, 6.07) is 0. The average molecular weight is 91.1 g/mol. The summed E-state index contributed by atoms with van der Waals surface area (Å²) in [5, 5.41) is 18.7. The Labute approximate surface area is 36.6 Å². The lowest BCUT2D eigenvalue weighted by atomic mass is 10.6. The molecule has 0 heterocycles. The van der Waals surface area contributed by atoms with Crippen LogP contribution in [-0.2, 0) is 0 Å². The van der Waals surface area contributed by atoms with Crippen molar-refractivity contribution in [1.29, 1.82) is 0 Å². The Balaban J connectivity index is 2.63. The predicted octanol–water partition coefficient (Wildman–Crippen LogP) is -1.48. The van der Waals surface area contributed by atoms with Gasteiger partial charge in [0.15, 0.2) is 6.29 Å². The molecule has 0 unspecified atom stereocenters. The first-order valence-electron chi connectivity index (χ1n) is 1.78. The molecule has 0 saturated heterocycles. The van der Waals surface area contributed by atoms with E-state index in [1.807, 2.05) is 0 Å². The lowest BCUT2D eigenvalue weighted by Crippen LogP contribution is -2.22. The van der Waals surface area contributed by atoms with Crippen molar-refractivity contribution < 1.29 is 10.2 Å². The lowest BCUT2D eigenvalue weighted by Gasteiger charge is -1.97. The first-order valence-corrected chi connectivity index (χ1v) is 1.78. The molecule has 0 fully saturated rings. The highest BCUT2D eigenvalue weighted by molar-refractivity contribution is 4.35. The van der Waals surface area contributed by atoms with Crippen LogP contribution in [0.25, 0.3) is 0 Å². The van der Waals surface area contributed by atoms with Crippen molar-refractivity contribution in [3.05, 3.63) is 0 Å². The molecule has 0 saturated carbocycles. The van der Waals surface area contributed by atoms with Crippen molar-refractivity contribution >= 4 is 0 Å². The van der Waals surface area contributed by atoms with Crippen LogP contribution in [0.5, 0.6) is 0 Å². The van der Waals surface area contributed by atoms with E-state index in [-0.39, 0.29) is 6.54 Å². The van der Waals surface area contributed by atoms with Crippen LogP contribution in [-0.4, -0.2) is 30.1 Å². The summed E-state index contributed by atoms with van der Waals surface area (Å²) in [4.78, 5) is 0. The van der Waals surface area contributed by atoms with Gasteiger partial charge in [0, 0.05) is 6.54 Å². The van der Waals surface area contributed by atoms with Gasteiger partial charge in [-0.3, -0.25) is 0 Å². The second kappa shape index (κ2) is 3.08. The highest BCUT2D eigenvalue weighted by Crippen LogP contribution is 1.63. The minimum atomic E-state index is -1.21. The van der Waals surface area contributed by atoms with Gasteiger partial charge in [-0.05, 0) is 7.05 Å². The smallest absolute Gasteiger partial charge is 0.164 e. The van der Waals surface area contributed by atoms with Crippen LogP contribution in [0.15, 0.2) is 0 Å². The normalized spacial score (nSPS) is 10.0. The van der Waals surface area contributed by atoms with Crippen LogP contribution in [0.2, 0.25) is 0 Å². The van der Waals surface area contributed by atoms with Gasteiger partial charge < -0.3 is 15.5 Å². The van der Waals surface area contributed by atoms with Crippen LogP contribution in [0.1, 0.15) is 0 Å². The third-order valence-electron chi connectivity index (χ3n) is 0.387. The van der Waals surface area contributed by atoms with E-state index in [2.05, 4.69) is 5.32 Å². The molecule has 3 N–H and O–H groups in total. The van der Waals surface area contributed by atoms with Crippen LogP contribution < -0.4 is 5.32 Å². The molecule has 0 amide bonds. The maximum Gasteiger partial charge on any atom is 0.164 e. The first-order chi connectivity index (χ1) is 2.77. The highest BCUT2D eigenvalue weighted by Gasteiger charge is 1.88. The van der Waals surface area contributed by atoms with Crippen molar-refractivity contribution in [2.24, 2.45) is 0 Å². The fourth-order valence-corrected chi connectivity index (χ4v) is 0.183. The van der Waals surface area contributed by atoms with Gasteiger partial charge in [0.25, 0.3) is 0 Å². The van der Waals surface area contributed by atoms with Gasteiger partial charge in [-0.2, -0.15) is 0 Å². The van der Waals surface area contributed by atoms with Gasteiger partial charge in [-0.15, -0.1) is 0 Å². The molecule has 0 aromatic carbocycles. The van der Waals surface area contributed by atoms with E-state index in [1.165, 1.54) is 0 Å². The molecule has 0 aromatic rings. The Morgan fingerprint density at radius 2 is 2.17 bits per heavy atom. The maximum absolute atomic E-state index is 8.05. The molecule has 0 rings (SSSR count). The number of aliphatic hydroxyl groups excluding tert-OH is 1. The summed E-state index contributed by atoms with van der Waals surface area (Å²) in [7, 11) is 1.65. The molecule has 0 bridgehead atoms. The van der Waals surface area contributed by atoms with Crippen molar-refractivity contribution in [2.45, 2.75) is 6.29 Å². The molecule has 6 heavy (non-hydrogen) atoms. The first kappa shape index (κ1) is 5.88. The molecule has 0 aliphatic rings. The van der Waals surface area contributed by atoms with Gasteiger partial charge in [0.1, 0.15) is 0 Å². The molecule has 38 valence electrons. The van der Waals surface area contributed by atoms with E-state index in [4.69, 9.17) is 10.2 Å². The molecule has 0 atom stereocenters. The summed E-state index contributed by atoms with van der Waals surface area (Å²) in [6.45, 7) is 0.236. The lowest BCUT2D eigenvalue weighted by molar-refractivity contribution is -0.0359. The summed E-state index contributed by atoms with van der Waals surface area (Å²) >= 11 is 0. The molecule has 0 aliphatic heterocycles. The fourth-order valence-electron chi connectivity index (χ4n) is 0.183. The summed E-state index contributed by atoms with van der Waals surface area (Å²) in [6.07, 6.45) is -1.21. The third kappa shape index (κ3) is 3.88. The number of nitrogens with one attached hydrogen (secondary N) is 1. The van der Waals surface area contributed by atoms with Gasteiger partial charge in [-0.1, -0.05) is 0 Å². The molecular weight excluding hydrogens is 82.0 g/mol. The van der Waals surface area contributed by atoms with Gasteiger partial charge >= 0.3 is 0 Å². The van der Waals surface area contributed by atoms with Gasteiger partial charge in [0.05, 0.1) is 0 Å². The van der Waals surface area contributed by atoms with E-state index in [0.29, 0.717) is 0 Å². The standard InChI is InChI=1S/C3H9NO2/c1-4-2-3(5)6/h3-6H,2H2,1H3. The van der Waals surface area contributed by atoms with Gasteiger partial charge in [0.2, 0.25) is 0 Å². The Bertz CT molecular complexity index is 30.0. The zero-order valence-electron chi connectivity index (χ0n) is 3.68. The number of aliphatic hydroxyl groups is 2. The number of hydrogen-bond acceptors (Lipinski definition) is 3.